The van der Waals surface area contributed by atoms with E-state index in [1.807, 2.05) is 0 Å². The highest BCUT2D eigenvalue weighted by atomic mass is 16.3. The highest BCUT2D eigenvalue weighted by Crippen LogP contribution is 2.49. The molecular formula is C72H56N2O4. The second-order valence-corrected chi connectivity index (χ2v) is 23.3. The van der Waals surface area contributed by atoms with Crippen LogP contribution in [0.15, 0.2) is 212 Å². The molecule has 0 radical (unpaired) electrons. The first-order valence-electron chi connectivity index (χ1n) is 27.1. The molecule has 0 fully saturated rings. The van der Waals surface area contributed by atoms with Crippen molar-refractivity contribution >= 4 is 143 Å². The summed E-state index contributed by atoms with van der Waals surface area (Å²) in [5, 5.41) is 13.2. The van der Waals surface area contributed by atoms with E-state index in [9.17, 15) is 0 Å². The standard InChI is InChI=1S/C72H56N2O4/c1-41-63-55-37-43-31-33-49(73(47-19-11-9-12-20-47)59-29-17-25-53-51-23-15-27-57(71(3,4)5)67(51)77-69(53)59)35-45(43)39-61(55)76-66(63)42(2)64-56-38-44-32-34-50(36-46(44)40-62(56)75-65(41)64)74(48-21-13-10-14-22-48)60-30-18-26-54-52-24-16-28-58(72(6,7)8)68(52)78-70(54)60/h9-40H,1-8H3. The van der Waals surface area contributed by atoms with Crippen LogP contribution < -0.4 is 9.80 Å². The fourth-order valence-electron chi connectivity index (χ4n) is 12.6. The van der Waals surface area contributed by atoms with Crippen LogP contribution in [-0.4, -0.2) is 0 Å². The third-order valence-electron chi connectivity index (χ3n) is 16.3. The van der Waals surface area contributed by atoms with Gasteiger partial charge in [-0.3, -0.25) is 0 Å². The minimum absolute atomic E-state index is 0.0816. The number of hydrogen-bond donors (Lipinski definition) is 0. The van der Waals surface area contributed by atoms with Crippen molar-refractivity contribution in [2.75, 3.05) is 9.80 Å². The van der Waals surface area contributed by atoms with Crippen molar-refractivity contribution in [2.24, 2.45) is 0 Å². The Balaban J connectivity index is 0.849. The summed E-state index contributed by atoms with van der Waals surface area (Å²) in [5.41, 5.74) is 17.5. The van der Waals surface area contributed by atoms with Gasteiger partial charge in [0.15, 0.2) is 11.2 Å². The lowest BCUT2D eigenvalue weighted by Gasteiger charge is -2.25. The van der Waals surface area contributed by atoms with E-state index in [0.717, 1.165) is 155 Å². The zero-order valence-electron chi connectivity index (χ0n) is 45.0. The Morgan fingerprint density at radius 3 is 1.08 bits per heavy atom. The predicted molar refractivity (Wildman–Crippen MR) is 327 cm³/mol. The van der Waals surface area contributed by atoms with Crippen molar-refractivity contribution in [3.63, 3.8) is 0 Å². The van der Waals surface area contributed by atoms with Gasteiger partial charge in [0.1, 0.15) is 33.5 Å². The molecule has 4 heterocycles. The maximum Gasteiger partial charge on any atom is 0.159 e. The van der Waals surface area contributed by atoms with E-state index < -0.39 is 0 Å². The zero-order chi connectivity index (χ0) is 52.9. The van der Waals surface area contributed by atoms with Gasteiger partial charge in [0, 0.05) is 88.1 Å². The minimum Gasteiger partial charge on any atom is -0.456 e. The lowest BCUT2D eigenvalue weighted by atomic mass is 9.86. The lowest BCUT2D eigenvalue weighted by molar-refractivity contribution is 0.572. The van der Waals surface area contributed by atoms with Gasteiger partial charge < -0.3 is 27.5 Å². The van der Waals surface area contributed by atoms with Gasteiger partial charge in [0.25, 0.3) is 0 Å². The topological polar surface area (TPSA) is 59.0 Å². The minimum atomic E-state index is -0.0816. The average molecular weight is 1010 g/mol. The summed E-state index contributed by atoms with van der Waals surface area (Å²) in [6.07, 6.45) is 0. The van der Waals surface area contributed by atoms with Crippen LogP contribution in [0.2, 0.25) is 0 Å². The Labute approximate surface area is 451 Å². The number of aryl methyl sites for hydroxylation is 2. The van der Waals surface area contributed by atoms with Crippen LogP contribution >= 0.6 is 0 Å². The second-order valence-electron chi connectivity index (χ2n) is 23.3. The third kappa shape index (κ3) is 6.88. The van der Waals surface area contributed by atoms with Crippen molar-refractivity contribution in [2.45, 2.75) is 66.2 Å². The van der Waals surface area contributed by atoms with Gasteiger partial charge in [-0.1, -0.05) is 151 Å². The molecule has 0 aliphatic heterocycles. The molecule has 78 heavy (non-hydrogen) atoms. The molecule has 0 N–H and O–H groups in total. The van der Waals surface area contributed by atoms with E-state index >= 15 is 0 Å². The highest BCUT2D eigenvalue weighted by molar-refractivity contribution is 6.22. The molecule has 0 atom stereocenters. The number of anilines is 6. The van der Waals surface area contributed by atoms with Crippen LogP contribution in [-0.2, 0) is 10.8 Å². The molecule has 11 aromatic carbocycles. The summed E-state index contributed by atoms with van der Waals surface area (Å²) in [6, 6.07) is 69.5. The molecule has 6 nitrogen and oxygen atoms in total. The fourth-order valence-corrected chi connectivity index (χ4v) is 12.6. The van der Waals surface area contributed by atoms with E-state index in [0.29, 0.717) is 0 Å². The first-order valence-corrected chi connectivity index (χ1v) is 27.1. The Bertz CT molecular complexity index is 4650. The average Bonchev–Trinajstić information content (AvgIpc) is 4.42. The monoisotopic (exact) mass is 1010 g/mol. The largest absolute Gasteiger partial charge is 0.456 e. The molecule has 0 spiro atoms. The number of hydrogen-bond acceptors (Lipinski definition) is 6. The molecule has 15 rings (SSSR count). The Kier molecular flexibility index (Phi) is 9.82. The molecule has 0 amide bonds. The summed E-state index contributed by atoms with van der Waals surface area (Å²) in [4.78, 5) is 4.62. The molecule has 0 unspecified atom stereocenters. The van der Waals surface area contributed by atoms with Crippen LogP contribution in [0, 0.1) is 13.8 Å². The molecule has 378 valence electrons. The van der Waals surface area contributed by atoms with Crippen molar-refractivity contribution in [3.8, 4) is 0 Å². The van der Waals surface area contributed by atoms with Crippen LogP contribution in [0.1, 0.15) is 63.8 Å². The van der Waals surface area contributed by atoms with Gasteiger partial charge in [-0.2, -0.15) is 0 Å². The van der Waals surface area contributed by atoms with Crippen molar-refractivity contribution < 1.29 is 17.7 Å². The SMILES string of the molecule is Cc1c2oc3cc4cc(N(c5ccccc5)c5cccc6c5oc5c(C(C)(C)C)cccc56)ccc4cc3c2c(C)c2oc3cc4cc(N(c5ccccc5)c5cccc6c5oc5c(C(C)(C)C)cccc56)ccc4cc3c12. The molecule has 15 aromatic rings. The van der Waals surface area contributed by atoms with Gasteiger partial charge in [-0.25, -0.2) is 0 Å². The van der Waals surface area contributed by atoms with Crippen molar-refractivity contribution in [3.05, 3.63) is 216 Å². The highest BCUT2D eigenvalue weighted by Gasteiger charge is 2.28. The number of fused-ring (bicyclic) bond motifs is 14. The van der Waals surface area contributed by atoms with Crippen molar-refractivity contribution in [1.82, 2.24) is 0 Å². The first-order chi connectivity index (χ1) is 37.8. The van der Waals surface area contributed by atoms with E-state index in [1.165, 1.54) is 11.1 Å². The summed E-state index contributed by atoms with van der Waals surface area (Å²) >= 11 is 0. The Morgan fingerprint density at radius 1 is 0.295 bits per heavy atom. The molecule has 4 aromatic heterocycles. The lowest BCUT2D eigenvalue weighted by Crippen LogP contribution is -2.11. The summed E-state index contributed by atoms with van der Waals surface area (Å²) < 4.78 is 27.9. The summed E-state index contributed by atoms with van der Waals surface area (Å²) in [5.74, 6) is 0. The third-order valence-corrected chi connectivity index (χ3v) is 16.3. The van der Waals surface area contributed by atoms with E-state index in [-0.39, 0.29) is 10.8 Å². The molecular weight excluding hydrogens is 957 g/mol. The van der Waals surface area contributed by atoms with Gasteiger partial charge in [-0.05, 0) is 131 Å². The number of furan rings is 4. The first kappa shape index (κ1) is 46.1. The van der Waals surface area contributed by atoms with Crippen LogP contribution in [0.3, 0.4) is 0 Å². The summed E-state index contributed by atoms with van der Waals surface area (Å²) in [6.45, 7) is 17.8. The molecule has 0 aliphatic rings. The fraction of sp³-hybridized carbons (Fsp3) is 0.139. The molecule has 0 bridgehead atoms. The van der Waals surface area contributed by atoms with Gasteiger partial charge >= 0.3 is 0 Å². The maximum atomic E-state index is 7.00. The second kappa shape index (κ2) is 16.6. The molecule has 0 saturated heterocycles. The Morgan fingerprint density at radius 2 is 0.679 bits per heavy atom. The Hall–Kier alpha value is -9.26. The van der Waals surface area contributed by atoms with Crippen molar-refractivity contribution in [1.29, 1.82) is 0 Å². The zero-order valence-corrected chi connectivity index (χ0v) is 45.0. The van der Waals surface area contributed by atoms with Gasteiger partial charge in [0.2, 0.25) is 0 Å². The summed E-state index contributed by atoms with van der Waals surface area (Å²) in [7, 11) is 0. The molecule has 0 aliphatic carbocycles. The predicted octanol–water partition coefficient (Wildman–Crippen LogP) is 21.7. The van der Waals surface area contributed by atoms with Crippen LogP contribution in [0.4, 0.5) is 34.1 Å². The smallest absolute Gasteiger partial charge is 0.159 e. The van der Waals surface area contributed by atoms with E-state index in [2.05, 4.69) is 259 Å². The number of para-hydroxylation sites is 6. The number of benzene rings is 11. The van der Waals surface area contributed by atoms with E-state index in [1.54, 1.807) is 0 Å². The molecule has 6 heteroatoms. The number of rotatable bonds is 6. The quantitative estimate of drug-likeness (QED) is 0.165. The van der Waals surface area contributed by atoms with Crippen LogP contribution in [0.25, 0.3) is 109 Å². The normalized spacial score (nSPS) is 12.6. The van der Waals surface area contributed by atoms with Gasteiger partial charge in [0.05, 0.1) is 11.4 Å². The number of nitrogens with zero attached hydrogens (tertiary/aromatic N) is 2. The maximum absolute atomic E-state index is 7.00. The van der Waals surface area contributed by atoms with Crippen LogP contribution in [0.5, 0.6) is 0 Å². The van der Waals surface area contributed by atoms with Gasteiger partial charge in [-0.15, -0.1) is 0 Å². The molecule has 0 saturated carbocycles. The van der Waals surface area contributed by atoms with E-state index in [4.69, 9.17) is 17.7 Å².